The molecule has 1 heterocycles. The van der Waals surface area contributed by atoms with Crippen molar-refractivity contribution in [3.8, 4) is 0 Å². The Morgan fingerprint density at radius 2 is 1.93 bits per heavy atom. The Balaban J connectivity index is 2.07. The first kappa shape index (κ1) is 21.8. The number of carbonyl (C=O) groups is 3. The summed E-state index contributed by atoms with van der Waals surface area (Å²) in [4.78, 5) is 38.1. The Morgan fingerprint density at radius 1 is 1.29 bits per heavy atom. The molecule has 152 valence electrons. The third kappa shape index (κ3) is 5.51. The van der Waals surface area contributed by atoms with Crippen LogP contribution in [0.2, 0.25) is 0 Å². The molecule has 0 saturated carbocycles. The van der Waals surface area contributed by atoms with Gasteiger partial charge in [-0.2, -0.15) is 0 Å². The molecular weight excluding hydrogens is 378 g/mol. The second-order valence-electron chi connectivity index (χ2n) is 7.60. The molecule has 7 nitrogen and oxygen atoms in total. The van der Waals surface area contributed by atoms with Gasteiger partial charge in [-0.15, -0.1) is 0 Å². The lowest BCUT2D eigenvalue weighted by Gasteiger charge is -2.36. The fourth-order valence-corrected chi connectivity index (χ4v) is 3.21. The lowest BCUT2D eigenvalue weighted by atomic mass is 9.87. The third-order valence-corrected chi connectivity index (χ3v) is 4.83. The molecular formula is C20H27N3O4S. The van der Waals surface area contributed by atoms with Crippen LogP contribution in [0.5, 0.6) is 0 Å². The molecule has 2 N–H and O–H groups in total. The van der Waals surface area contributed by atoms with E-state index in [0.29, 0.717) is 18.7 Å². The van der Waals surface area contributed by atoms with Gasteiger partial charge in [0, 0.05) is 18.7 Å². The highest BCUT2D eigenvalue weighted by Crippen LogP contribution is 2.22. The molecule has 0 aromatic heterocycles. The Bertz CT molecular complexity index is 756. The molecule has 1 atom stereocenters. The summed E-state index contributed by atoms with van der Waals surface area (Å²) < 4.78 is 4.93. The molecule has 2 amide bonds. The highest BCUT2D eigenvalue weighted by atomic mass is 32.1. The number of nitrogens with zero attached hydrogens (tertiary/aromatic N) is 1. The summed E-state index contributed by atoms with van der Waals surface area (Å²) in [7, 11) is 0. The molecule has 1 aromatic carbocycles. The SMILES string of the molecule is CCOC(=O)C[C@@H]1C(=O)NCCN1C(=S)NC(=O)c1ccc(C(C)(C)C)cc1. The molecule has 0 aliphatic carbocycles. The number of esters is 1. The Labute approximate surface area is 170 Å². The number of hydrogen-bond donors (Lipinski definition) is 2. The zero-order chi connectivity index (χ0) is 20.9. The van der Waals surface area contributed by atoms with Crippen molar-refractivity contribution in [2.75, 3.05) is 19.7 Å². The number of nitrogens with one attached hydrogen (secondary N) is 2. The third-order valence-electron chi connectivity index (χ3n) is 4.49. The molecule has 8 heteroatoms. The average molecular weight is 406 g/mol. The van der Waals surface area contributed by atoms with Crippen LogP contribution in [-0.4, -0.2) is 53.5 Å². The Hall–Kier alpha value is -2.48. The van der Waals surface area contributed by atoms with Gasteiger partial charge in [-0.25, -0.2) is 0 Å². The van der Waals surface area contributed by atoms with Gasteiger partial charge in [0.1, 0.15) is 6.04 Å². The van der Waals surface area contributed by atoms with Gasteiger partial charge in [-0.05, 0) is 42.3 Å². The number of ether oxygens (including phenoxy) is 1. The van der Waals surface area contributed by atoms with Crippen molar-refractivity contribution in [1.29, 1.82) is 0 Å². The van der Waals surface area contributed by atoms with E-state index in [0.717, 1.165) is 5.56 Å². The van der Waals surface area contributed by atoms with Crippen LogP contribution < -0.4 is 10.6 Å². The second-order valence-corrected chi connectivity index (χ2v) is 7.98. The number of piperazine rings is 1. The van der Waals surface area contributed by atoms with Crippen LogP contribution in [0.4, 0.5) is 0 Å². The van der Waals surface area contributed by atoms with Crippen molar-refractivity contribution < 1.29 is 19.1 Å². The van der Waals surface area contributed by atoms with E-state index in [9.17, 15) is 14.4 Å². The van der Waals surface area contributed by atoms with Gasteiger partial charge >= 0.3 is 5.97 Å². The van der Waals surface area contributed by atoms with Crippen molar-refractivity contribution in [3.63, 3.8) is 0 Å². The van der Waals surface area contributed by atoms with E-state index in [1.165, 1.54) is 0 Å². The van der Waals surface area contributed by atoms with Crippen LogP contribution in [0.3, 0.4) is 0 Å². The molecule has 0 radical (unpaired) electrons. The second kappa shape index (κ2) is 9.14. The molecule has 1 aliphatic rings. The van der Waals surface area contributed by atoms with Crippen LogP contribution in [0.15, 0.2) is 24.3 Å². The fraction of sp³-hybridized carbons (Fsp3) is 0.500. The minimum Gasteiger partial charge on any atom is -0.466 e. The van der Waals surface area contributed by atoms with Crippen molar-refractivity contribution in [2.24, 2.45) is 0 Å². The molecule has 1 fully saturated rings. The van der Waals surface area contributed by atoms with Gasteiger partial charge in [-0.3, -0.25) is 19.7 Å². The molecule has 1 aliphatic heterocycles. The van der Waals surface area contributed by atoms with Crippen LogP contribution in [-0.2, 0) is 19.7 Å². The Morgan fingerprint density at radius 3 is 2.50 bits per heavy atom. The summed E-state index contributed by atoms with van der Waals surface area (Å²) in [6.07, 6.45) is -0.129. The van der Waals surface area contributed by atoms with Crippen molar-refractivity contribution >= 4 is 35.1 Å². The number of rotatable bonds is 4. The van der Waals surface area contributed by atoms with E-state index in [1.54, 1.807) is 24.0 Å². The summed E-state index contributed by atoms with van der Waals surface area (Å²) in [5.41, 5.74) is 1.58. The first-order valence-electron chi connectivity index (χ1n) is 9.29. The van der Waals surface area contributed by atoms with Crippen molar-refractivity contribution in [3.05, 3.63) is 35.4 Å². The lowest BCUT2D eigenvalue weighted by Crippen LogP contribution is -2.60. The van der Waals surface area contributed by atoms with E-state index in [4.69, 9.17) is 17.0 Å². The zero-order valence-electron chi connectivity index (χ0n) is 16.7. The predicted octanol–water partition coefficient (Wildman–Crippen LogP) is 1.75. The topological polar surface area (TPSA) is 87.7 Å². The first-order valence-corrected chi connectivity index (χ1v) is 9.70. The van der Waals surface area contributed by atoms with Gasteiger partial charge in [0.15, 0.2) is 5.11 Å². The highest BCUT2D eigenvalue weighted by molar-refractivity contribution is 7.80. The van der Waals surface area contributed by atoms with E-state index in [-0.39, 0.29) is 35.4 Å². The summed E-state index contributed by atoms with van der Waals surface area (Å²) >= 11 is 5.34. The van der Waals surface area contributed by atoms with Crippen LogP contribution in [0.25, 0.3) is 0 Å². The number of thiocarbonyl (C=S) groups is 1. The summed E-state index contributed by atoms with van der Waals surface area (Å²) in [6, 6.07) is 6.52. The monoisotopic (exact) mass is 405 g/mol. The molecule has 1 saturated heterocycles. The molecule has 2 rings (SSSR count). The first-order chi connectivity index (χ1) is 13.1. The fourth-order valence-electron chi connectivity index (χ4n) is 2.90. The Kier molecular flexibility index (Phi) is 7.12. The molecule has 1 aromatic rings. The van der Waals surface area contributed by atoms with Crippen LogP contribution in [0, 0.1) is 0 Å². The van der Waals surface area contributed by atoms with Crippen LogP contribution in [0.1, 0.15) is 50.0 Å². The zero-order valence-corrected chi connectivity index (χ0v) is 17.5. The van der Waals surface area contributed by atoms with Gasteiger partial charge < -0.3 is 15.0 Å². The maximum atomic E-state index is 12.6. The lowest BCUT2D eigenvalue weighted by molar-refractivity contribution is -0.147. The van der Waals surface area contributed by atoms with Crippen LogP contribution >= 0.6 is 12.2 Å². The minimum atomic E-state index is -0.802. The van der Waals surface area contributed by atoms with Gasteiger partial charge in [0.25, 0.3) is 5.91 Å². The molecule has 0 spiro atoms. The summed E-state index contributed by atoms with van der Waals surface area (Å²) in [6.45, 7) is 9.02. The number of carbonyl (C=O) groups excluding carboxylic acids is 3. The van der Waals surface area contributed by atoms with Gasteiger partial charge in [0.2, 0.25) is 5.91 Å². The molecule has 28 heavy (non-hydrogen) atoms. The van der Waals surface area contributed by atoms with E-state index < -0.39 is 12.0 Å². The number of amides is 2. The smallest absolute Gasteiger partial charge is 0.308 e. The van der Waals surface area contributed by atoms with E-state index in [1.807, 2.05) is 12.1 Å². The summed E-state index contributed by atoms with van der Waals surface area (Å²) in [5, 5.41) is 5.49. The van der Waals surface area contributed by atoms with Crippen molar-refractivity contribution in [1.82, 2.24) is 15.5 Å². The van der Waals surface area contributed by atoms with Crippen molar-refractivity contribution in [2.45, 2.75) is 45.6 Å². The molecule has 0 unspecified atom stereocenters. The van der Waals surface area contributed by atoms with Gasteiger partial charge in [-0.1, -0.05) is 32.9 Å². The normalized spacial score (nSPS) is 16.9. The summed E-state index contributed by atoms with van der Waals surface area (Å²) in [5.74, 6) is -1.15. The quantitative estimate of drug-likeness (QED) is 0.586. The average Bonchev–Trinajstić information content (AvgIpc) is 2.63. The predicted molar refractivity (Wildman–Crippen MR) is 110 cm³/mol. The van der Waals surface area contributed by atoms with E-state index >= 15 is 0 Å². The maximum Gasteiger partial charge on any atom is 0.308 e. The standard InChI is InChI=1S/C20H27N3O4S/c1-5-27-16(24)12-15-18(26)21-10-11-23(15)19(28)22-17(25)13-6-8-14(9-7-13)20(2,3)4/h6-9,15H,5,10-12H2,1-4H3,(H,21,26)(H,22,25,28)/t15-/m1/s1. The molecule has 0 bridgehead atoms. The minimum absolute atomic E-state index is 0.00815. The van der Waals surface area contributed by atoms with Gasteiger partial charge in [0.05, 0.1) is 13.0 Å². The number of benzene rings is 1. The highest BCUT2D eigenvalue weighted by Gasteiger charge is 2.34. The number of hydrogen-bond acceptors (Lipinski definition) is 5. The largest absolute Gasteiger partial charge is 0.466 e. The maximum absolute atomic E-state index is 12.6. The van der Waals surface area contributed by atoms with E-state index in [2.05, 4.69) is 31.4 Å².